The van der Waals surface area contributed by atoms with E-state index in [-0.39, 0.29) is 0 Å². The third kappa shape index (κ3) is 1.46. The van der Waals surface area contributed by atoms with E-state index in [1.165, 1.54) is 15.8 Å². The van der Waals surface area contributed by atoms with E-state index in [0.717, 1.165) is 10.7 Å². The molecule has 0 aliphatic rings. The van der Waals surface area contributed by atoms with Crippen LogP contribution >= 0.6 is 27.3 Å². The summed E-state index contributed by atoms with van der Waals surface area (Å²) in [6.07, 6.45) is 0. The molecule has 0 amide bonds. The van der Waals surface area contributed by atoms with Gasteiger partial charge in [0.15, 0.2) is 0 Å². The lowest BCUT2D eigenvalue weighted by Gasteiger charge is -2.00. The van der Waals surface area contributed by atoms with Gasteiger partial charge in [0.05, 0.1) is 0 Å². The van der Waals surface area contributed by atoms with Crippen molar-refractivity contribution in [3.05, 3.63) is 28.6 Å². The Morgan fingerprint density at radius 1 is 1.46 bits per heavy atom. The monoisotopic (exact) mass is 256 g/mol. The standard InChI is InChI=1S/C10H9BrOS/c1-6-2-7(4-11)3-8-9(12)5-13-10(6)8/h2-3,5,12H,4H2,1H3. The Balaban J connectivity index is 2.80. The highest BCUT2D eigenvalue weighted by atomic mass is 79.9. The average Bonchev–Trinajstić information content (AvgIpc) is 2.48. The highest BCUT2D eigenvalue weighted by molar-refractivity contribution is 9.08. The number of halogens is 1. The van der Waals surface area contributed by atoms with Gasteiger partial charge in [0, 0.05) is 20.8 Å². The molecule has 1 heterocycles. The summed E-state index contributed by atoms with van der Waals surface area (Å²) in [5, 5.41) is 13.1. The predicted octanol–water partition coefficient (Wildman–Crippen LogP) is 3.81. The molecule has 0 fully saturated rings. The molecule has 0 saturated heterocycles. The maximum Gasteiger partial charge on any atom is 0.134 e. The minimum absolute atomic E-state index is 0.394. The van der Waals surface area contributed by atoms with Crippen molar-refractivity contribution in [2.45, 2.75) is 12.3 Å². The van der Waals surface area contributed by atoms with E-state index in [2.05, 4.69) is 28.9 Å². The van der Waals surface area contributed by atoms with Crippen molar-refractivity contribution >= 4 is 37.4 Å². The van der Waals surface area contributed by atoms with Gasteiger partial charge in [-0.05, 0) is 24.1 Å². The molecule has 13 heavy (non-hydrogen) atoms. The van der Waals surface area contributed by atoms with E-state index in [0.29, 0.717) is 5.75 Å². The first kappa shape index (κ1) is 9.03. The second-order valence-corrected chi connectivity index (χ2v) is 4.48. The van der Waals surface area contributed by atoms with E-state index in [1.54, 1.807) is 16.7 Å². The number of hydrogen-bond acceptors (Lipinski definition) is 2. The van der Waals surface area contributed by atoms with Crippen molar-refractivity contribution < 1.29 is 5.11 Å². The summed E-state index contributed by atoms with van der Waals surface area (Å²) in [4.78, 5) is 0. The molecule has 3 heteroatoms. The van der Waals surface area contributed by atoms with Gasteiger partial charge >= 0.3 is 0 Å². The van der Waals surface area contributed by atoms with Gasteiger partial charge in [0.1, 0.15) is 5.75 Å². The molecule has 0 bridgehead atoms. The summed E-state index contributed by atoms with van der Waals surface area (Å²) in [5.41, 5.74) is 2.44. The number of benzene rings is 1. The van der Waals surface area contributed by atoms with Crippen molar-refractivity contribution in [1.29, 1.82) is 0 Å². The molecule has 1 aromatic heterocycles. The second kappa shape index (κ2) is 3.31. The van der Waals surface area contributed by atoms with Crippen LogP contribution in [0.2, 0.25) is 0 Å². The highest BCUT2D eigenvalue weighted by Crippen LogP contribution is 2.34. The van der Waals surface area contributed by atoms with Crippen LogP contribution < -0.4 is 0 Å². The number of alkyl halides is 1. The molecular weight excluding hydrogens is 248 g/mol. The van der Waals surface area contributed by atoms with Crippen molar-refractivity contribution in [3.63, 3.8) is 0 Å². The molecule has 1 nitrogen and oxygen atoms in total. The lowest BCUT2D eigenvalue weighted by molar-refractivity contribution is 0.483. The van der Waals surface area contributed by atoms with Crippen LogP contribution in [-0.4, -0.2) is 5.11 Å². The van der Waals surface area contributed by atoms with Gasteiger partial charge in [-0.25, -0.2) is 0 Å². The lowest BCUT2D eigenvalue weighted by Crippen LogP contribution is -1.79. The van der Waals surface area contributed by atoms with Crippen LogP contribution in [0.25, 0.3) is 10.1 Å². The lowest BCUT2D eigenvalue weighted by atomic mass is 10.1. The van der Waals surface area contributed by atoms with Crippen LogP contribution in [0.3, 0.4) is 0 Å². The number of aromatic hydroxyl groups is 1. The fourth-order valence-electron chi connectivity index (χ4n) is 1.45. The van der Waals surface area contributed by atoms with Crippen LogP contribution in [0.4, 0.5) is 0 Å². The first-order valence-electron chi connectivity index (χ1n) is 3.98. The maximum atomic E-state index is 9.55. The highest BCUT2D eigenvalue weighted by Gasteiger charge is 2.06. The summed E-state index contributed by atoms with van der Waals surface area (Å²) in [6, 6.07) is 4.18. The first-order chi connectivity index (χ1) is 6.22. The van der Waals surface area contributed by atoms with E-state index < -0.39 is 0 Å². The summed E-state index contributed by atoms with van der Waals surface area (Å²) in [5.74, 6) is 0.394. The molecule has 1 N–H and O–H groups in total. The van der Waals surface area contributed by atoms with Crippen molar-refractivity contribution in [2.75, 3.05) is 0 Å². The van der Waals surface area contributed by atoms with Gasteiger partial charge in [0.25, 0.3) is 0 Å². The summed E-state index contributed by atoms with van der Waals surface area (Å²) in [6.45, 7) is 2.07. The molecule has 0 atom stereocenters. The van der Waals surface area contributed by atoms with E-state index >= 15 is 0 Å². The van der Waals surface area contributed by atoms with Crippen LogP contribution in [0.15, 0.2) is 17.5 Å². The van der Waals surface area contributed by atoms with Crippen LogP contribution in [0.5, 0.6) is 5.75 Å². The summed E-state index contributed by atoms with van der Waals surface area (Å²) in [7, 11) is 0. The normalized spacial score (nSPS) is 10.9. The Labute approximate surface area is 89.1 Å². The van der Waals surface area contributed by atoms with Crippen LogP contribution in [-0.2, 0) is 5.33 Å². The van der Waals surface area contributed by atoms with Crippen molar-refractivity contribution in [1.82, 2.24) is 0 Å². The number of fused-ring (bicyclic) bond motifs is 1. The zero-order valence-corrected chi connectivity index (χ0v) is 9.58. The minimum Gasteiger partial charge on any atom is -0.506 e. The smallest absolute Gasteiger partial charge is 0.134 e. The van der Waals surface area contributed by atoms with E-state index in [1.807, 2.05) is 6.07 Å². The quantitative estimate of drug-likeness (QED) is 0.770. The third-order valence-electron chi connectivity index (χ3n) is 2.05. The second-order valence-electron chi connectivity index (χ2n) is 3.04. The summed E-state index contributed by atoms with van der Waals surface area (Å²) < 4.78 is 1.18. The van der Waals surface area contributed by atoms with E-state index in [9.17, 15) is 5.11 Å². The van der Waals surface area contributed by atoms with Gasteiger partial charge < -0.3 is 5.11 Å². The zero-order valence-electron chi connectivity index (χ0n) is 7.17. The largest absolute Gasteiger partial charge is 0.506 e. The zero-order chi connectivity index (χ0) is 9.42. The predicted molar refractivity (Wildman–Crippen MR) is 60.9 cm³/mol. The number of aryl methyl sites for hydroxylation is 1. The van der Waals surface area contributed by atoms with Crippen molar-refractivity contribution in [3.8, 4) is 5.75 Å². The van der Waals surface area contributed by atoms with Gasteiger partial charge in [0.2, 0.25) is 0 Å². The van der Waals surface area contributed by atoms with Crippen LogP contribution in [0, 0.1) is 6.92 Å². The fraction of sp³-hybridized carbons (Fsp3) is 0.200. The third-order valence-corrected chi connectivity index (χ3v) is 3.82. The molecule has 0 aliphatic carbocycles. The minimum atomic E-state index is 0.394. The molecule has 2 aromatic rings. The Hall–Kier alpha value is -0.540. The van der Waals surface area contributed by atoms with Gasteiger partial charge in [-0.2, -0.15) is 0 Å². The Kier molecular flexibility index (Phi) is 2.30. The van der Waals surface area contributed by atoms with Gasteiger partial charge in [-0.3, -0.25) is 0 Å². The molecule has 0 radical (unpaired) electrons. The fourth-order valence-corrected chi connectivity index (χ4v) is 2.67. The SMILES string of the molecule is Cc1cc(CBr)cc2c(O)csc12. The Morgan fingerprint density at radius 2 is 2.23 bits per heavy atom. The van der Waals surface area contributed by atoms with Gasteiger partial charge in [-0.15, -0.1) is 11.3 Å². The molecule has 0 saturated carbocycles. The van der Waals surface area contributed by atoms with Crippen LogP contribution in [0.1, 0.15) is 11.1 Å². The first-order valence-corrected chi connectivity index (χ1v) is 5.98. The number of thiophene rings is 1. The van der Waals surface area contributed by atoms with E-state index in [4.69, 9.17) is 0 Å². The topological polar surface area (TPSA) is 20.2 Å². The maximum absolute atomic E-state index is 9.55. The molecular formula is C10H9BrOS. The molecule has 68 valence electrons. The number of hydrogen-bond donors (Lipinski definition) is 1. The molecule has 2 rings (SSSR count). The van der Waals surface area contributed by atoms with Crippen molar-refractivity contribution in [2.24, 2.45) is 0 Å². The summed E-state index contributed by atoms with van der Waals surface area (Å²) >= 11 is 5.01. The average molecular weight is 257 g/mol. The number of rotatable bonds is 1. The van der Waals surface area contributed by atoms with Gasteiger partial charge in [-0.1, -0.05) is 22.0 Å². The molecule has 0 spiro atoms. The Bertz CT molecular complexity index is 447. The molecule has 0 aliphatic heterocycles. The molecule has 1 aromatic carbocycles. The Morgan fingerprint density at radius 3 is 2.92 bits per heavy atom. The molecule has 0 unspecified atom stereocenters.